The predicted molar refractivity (Wildman–Crippen MR) is 106 cm³/mol. The van der Waals surface area contributed by atoms with E-state index in [1.54, 1.807) is 11.3 Å². The highest BCUT2D eigenvalue weighted by Crippen LogP contribution is 2.45. The third-order valence-electron chi connectivity index (χ3n) is 5.51. The third-order valence-corrected chi connectivity index (χ3v) is 6.87. The second kappa shape index (κ2) is 8.10. The van der Waals surface area contributed by atoms with E-state index in [0.717, 1.165) is 50.4 Å². The summed E-state index contributed by atoms with van der Waals surface area (Å²) in [6, 6.07) is 12.6. The van der Waals surface area contributed by atoms with E-state index >= 15 is 0 Å². The lowest BCUT2D eigenvalue weighted by atomic mass is 9.85. The maximum absolute atomic E-state index is 12.3. The Labute approximate surface area is 164 Å². The van der Waals surface area contributed by atoms with Crippen LogP contribution in [0.5, 0.6) is 0 Å². The molecule has 1 fully saturated rings. The molecule has 4 rings (SSSR count). The molecule has 144 valence electrons. The van der Waals surface area contributed by atoms with E-state index in [-0.39, 0.29) is 24.7 Å². The second-order valence-corrected chi connectivity index (χ2v) is 8.35. The molecule has 1 saturated heterocycles. The summed E-state index contributed by atoms with van der Waals surface area (Å²) in [6.45, 7) is 3.94. The molecule has 0 unspecified atom stereocenters. The van der Waals surface area contributed by atoms with E-state index in [1.165, 1.54) is 16.0 Å². The number of rotatable bonds is 5. The lowest BCUT2D eigenvalue weighted by Crippen LogP contribution is -2.45. The number of thiophene rings is 1. The first kappa shape index (κ1) is 18.6. The number of carbonyl (C=O) groups excluding carboxylic acids is 1. The molecule has 0 aliphatic carbocycles. The predicted octanol–water partition coefficient (Wildman–Crippen LogP) is 2.53. The summed E-state index contributed by atoms with van der Waals surface area (Å²) >= 11 is 1.57. The Hall–Kier alpha value is -1.73. The topological polar surface area (TPSA) is 61.8 Å². The quantitative estimate of drug-likeness (QED) is 0.829. The fourth-order valence-corrected chi connectivity index (χ4v) is 5.40. The lowest BCUT2D eigenvalue weighted by molar-refractivity contribution is -0.0960. The number of benzene rings is 1. The first-order valence-corrected chi connectivity index (χ1v) is 10.4. The van der Waals surface area contributed by atoms with E-state index in [2.05, 4.69) is 40.5 Å². The maximum atomic E-state index is 12.3. The van der Waals surface area contributed by atoms with Crippen LogP contribution in [0.25, 0.3) is 0 Å². The van der Waals surface area contributed by atoms with Crippen LogP contribution in [0.4, 0.5) is 0 Å². The number of likely N-dealkylation sites (tertiary alicyclic amines) is 1. The standard InChI is InChI=1S/C21H26N2O3S/c24-12-9-22-20(25)18-14-17-6-13-26-21(19(17)27-18)7-10-23(11-8-21)15-16-4-2-1-3-5-16/h1-5,14,24H,6-13,15H2,(H,22,25). The van der Waals surface area contributed by atoms with Gasteiger partial charge in [0.05, 0.1) is 18.1 Å². The lowest BCUT2D eigenvalue weighted by Gasteiger charge is -2.43. The summed E-state index contributed by atoms with van der Waals surface area (Å²) in [5, 5.41) is 11.7. The van der Waals surface area contributed by atoms with Gasteiger partial charge in [0.25, 0.3) is 5.91 Å². The van der Waals surface area contributed by atoms with Gasteiger partial charge in [0.2, 0.25) is 0 Å². The molecule has 0 bridgehead atoms. The molecule has 1 aromatic heterocycles. The van der Waals surface area contributed by atoms with Gasteiger partial charge >= 0.3 is 0 Å². The van der Waals surface area contributed by atoms with E-state index in [9.17, 15) is 4.79 Å². The average molecular weight is 387 g/mol. The van der Waals surface area contributed by atoms with Crippen molar-refractivity contribution in [1.82, 2.24) is 10.2 Å². The first-order chi connectivity index (χ1) is 13.2. The fourth-order valence-electron chi connectivity index (χ4n) is 4.08. The van der Waals surface area contributed by atoms with Crippen molar-refractivity contribution >= 4 is 17.2 Å². The van der Waals surface area contributed by atoms with Gasteiger partial charge in [0, 0.05) is 31.1 Å². The van der Waals surface area contributed by atoms with Crippen molar-refractivity contribution < 1.29 is 14.6 Å². The van der Waals surface area contributed by atoms with Crippen LogP contribution in [-0.4, -0.2) is 48.8 Å². The molecule has 1 aromatic carbocycles. The highest BCUT2D eigenvalue weighted by molar-refractivity contribution is 7.14. The zero-order chi connectivity index (χ0) is 18.7. The van der Waals surface area contributed by atoms with Crippen molar-refractivity contribution in [1.29, 1.82) is 0 Å². The monoisotopic (exact) mass is 386 g/mol. The van der Waals surface area contributed by atoms with E-state index < -0.39 is 0 Å². The van der Waals surface area contributed by atoms with Crippen LogP contribution >= 0.6 is 11.3 Å². The van der Waals surface area contributed by atoms with Crippen LogP contribution in [0.2, 0.25) is 0 Å². The molecule has 2 aliphatic rings. The van der Waals surface area contributed by atoms with Crippen LogP contribution in [0.15, 0.2) is 36.4 Å². The highest BCUT2D eigenvalue weighted by Gasteiger charge is 2.42. The zero-order valence-electron chi connectivity index (χ0n) is 15.4. The maximum Gasteiger partial charge on any atom is 0.261 e. The Bertz CT molecular complexity index is 782. The Morgan fingerprint density at radius 2 is 2.04 bits per heavy atom. The molecule has 6 heteroatoms. The number of nitrogens with zero attached hydrogens (tertiary/aromatic N) is 1. The molecule has 1 spiro atoms. The van der Waals surface area contributed by atoms with Crippen molar-refractivity contribution in [2.75, 3.05) is 32.8 Å². The minimum absolute atomic E-state index is 0.0405. The number of ether oxygens (including phenoxy) is 1. The smallest absolute Gasteiger partial charge is 0.261 e. The molecule has 0 saturated carbocycles. The summed E-state index contributed by atoms with van der Waals surface area (Å²) in [4.78, 5) is 16.7. The molecule has 5 nitrogen and oxygen atoms in total. The summed E-state index contributed by atoms with van der Waals surface area (Å²) < 4.78 is 6.32. The summed E-state index contributed by atoms with van der Waals surface area (Å²) in [7, 11) is 0. The Kier molecular flexibility index (Phi) is 5.59. The Morgan fingerprint density at radius 3 is 2.78 bits per heavy atom. The van der Waals surface area contributed by atoms with E-state index in [1.807, 2.05) is 6.07 Å². The van der Waals surface area contributed by atoms with Crippen molar-refractivity contribution in [3.05, 3.63) is 57.3 Å². The number of nitrogens with one attached hydrogen (secondary N) is 1. The molecule has 27 heavy (non-hydrogen) atoms. The van der Waals surface area contributed by atoms with E-state index in [0.29, 0.717) is 0 Å². The van der Waals surface area contributed by atoms with Crippen molar-refractivity contribution in [2.45, 2.75) is 31.4 Å². The molecule has 2 N–H and O–H groups in total. The molecule has 0 radical (unpaired) electrons. The van der Waals surface area contributed by atoms with Gasteiger partial charge in [-0.25, -0.2) is 0 Å². The molecule has 1 amide bonds. The first-order valence-electron chi connectivity index (χ1n) is 9.63. The minimum atomic E-state index is -0.235. The second-order valence-electron chi connectivity index (χ2n) is 7.30. The SMILES string of the molecule is O=C(NCCO)c1cc2c(s1)C1(CCN(Cc3ccccc3)CC1)OCC2. The van der Waals surface area contributed by atoms with Crippen LogP contribution in [-0.2, 0) is 23.3 Å². The van der Waals surface area contributed by atoms with Gasteiger partial charge in [-0.1, -0.05) is 30.3 Å². The molecular weight excluding hydrogens is 360 g/mol. The van der Waals surface area contributed by atoms with Crippen LogP contribution in [0.1, 0.15) is 38.5 Å². The summed E-state index contributed by atoms with van der Waals surface area (Å²) in [6.07, 6.45) is 2.80. The van der Waals surface area contributed by atoms with Crippen LogP contribution in [0.3, 0.4) is 0 Å². The van der Waals surface area contributed by atoms with Crippen LogP contribution < -0.4 is 5.32 Å². The highest BCUT2D eigenvalue weighted by atomic mass is 32.1. The number of aliphatic hydroxyl groups excluding tert-OH is 1. The number of piperidine rings is 1. The summed E-state index contributed by atoms with van der Waals surface area (Å²) in [5.41, 5.74) is 2.37. The number of aliphatic hydroxyl groups is 1. The molecule has 2 aromatic rings. The number of hydrogen-bond donors (Lipinski definition) is 2. The molecular formula is C21H26N2O3S. The van der Waals surface area contributed by atoms with Gasteiger partial charge in [-0.15, -0.1) is 11.3 Å². The Morgan fingerprint density at radius 1 is 1.26 bits per heavy atom. The zero-order valence-corrected chi connectivity index (χ0v) is 16.3. The fraction of sp³-hybridized carbons (Fsp3) is 0.476. The van der Waals surface area contributed by atoms with Crippen LogP contribution in [0, 0.1) is 0 Å². The number of hydrogen-bond acceptors (Lipinski definition) is 5. The largest absolute Gasteiger partial charge is 0.395 e. The van der Waals surface area contributed by atoms with E-state index in [4.69, 9.17) is 9.84 Å². The minimum Gasteiger partial charge on any atom is -0.395 e. The number of amides is 1. The normalized spacial score (nSPS) is 19.0. The van der Waals surface area contributed by atoms with Crippen molar-refractivity contribution in [3.8, 4) is 0 Å². The van der Waals surface area contributed by atoms with Crippen molar-refractivity contribution in [3.63, 3.8) is 0 Å². The molecule has 0 atom stereocenters. The Balaban J connectivity index is 1.46. The summed E-state index contributed by atoms with van der Waals surface area (Å²) in [5.74, 6) is -0.0971. The average Bonchev–Trinajstić information content (AvgIpc) is 3.15. The van der Waals surface area contributed by atoms with Gasteiger partial charge in [-0.3, -0.25) is 9.69 Å². The molecule has 2 aliphatic heterocycles. The number of carbonyl (C=O) groups is 1. The number of fused-ring (bicyclic) bond motifs is 2. The third kappa shape index (κ3) is 3.94. The van der Waals surface area contributed by atoms with Gasteiger partial charge in [-0.05, 0) is 36.5 Å². The van der Waals surface area contributed by atoms with Gasteiger partial charge < -0.3 is 15.2 Å². The van der Waals surface area contributed by atoms with Gasteiger partial charge in [0.15, 0.2) is 0 Å². The van der Waals surface area contributed by atoms with Crippen molar-refractivity contribution in [2.24, 2.45) is 0 Å². The van der Waals surface area contributed by atoms with Gasteiger partial charge in [-0.2, -0.15) is 0 Å². The molecule has 3 heterocycles. The van der Waals surface area contributed by atoms with Gasteiger partial charge in [0.1, 0.15) is 5.60 Å².